The van der Waals surface area contributed by atoms with Crippen molar-refractivity contribution in [3.8, 4) is 56.7 Å². The molecule has 133 heavy (non-hydrogen) atoms. The van der Waals surface area contributed by atoms with Gasteiger partial charge in [-0.05, 0) is 153 Å². The van der Waals surface area contributed by atoms with Crippen molar-refractivity contribution >= 4 is 209 Å². The van der Waals surface area contributed by atoms with E-state index in [4.69, 9.17) is 46.7 Å². The predicted octanol–water partition coefficient (Wildman–Crippen LogP) is 26.5. The van der Waals surface area contributed by atoms with Gasteiger partial charge in [0.25, 0.3) is 0 Å². The molecule has 0 amide bonds. The van der Waals surface area contributed by atoms with Gasteiger partial charge in [-0.25, -0.2) is 15.0 Å². The summed E-state index contributed by atoms with van der Waals surface area (Å²) in [5, 5.41) is 35.1. The first-order valence-electron chi connectivity index (χ1n) is 44.0. The van der Waals surface area contributed by atoms with E-state index in [0.29, 0.717) is 21.7 Å². The molecule has 15 heteroatoms. The first kappa shape index (κ1) is 79.5. The third kappa shape index (κ3) is 13.4. The predicted molar refractivity (Wildman–Crippen MR) is 556 cm³/mol. The topological polar surface area (TPSA) is 162 Å². The highest BCUT2D eigenvalue weighted by Crippen LogP contribution is 2.50. The smallest absolute Gasteiger partial charge is 0.205 e. The lowest BCUT2D eigenvalue weighted by atomic mass is 9.92. The van der Waals surface area contributed by atoms with E-state index in [-0.39, 0.29) is 0 Å². The molecule has 0 spiro atoms. The van der Waals surface area contributed by atoms with E-state index in [1.165, 1.54) is 21.3 Å². The Morgan fingerprint density at radius 3 is 1.09 bits per heavy atom. The molecule has 10 aromatic heterocycles. The number of hydrogen-bond donors (Lipinski definition) is 0. The SMILES string of the molecule is N#Cc1ccc2c(c1)c1cc(-c3cccc(-c4nc5ccccc5c5c6cccnc6c6ncccc6c45)c3)ccc1n2-c1ccccc1.O=P(c1ccc(-c2nc3ccccc3c3c4ccccc4c4ncccc4c23)cc1)(c1ccccn1)c1ccccn1.S=P(c1ccccc1)(c1ccccc1)c1ccc(-c2nc3ccccc3c3c4cccnc4c4ccccc4c23)cc1. The molecule has 0 aliphatic rings. The molecule has 26 rings (SSSR count). The fourth-order valence-corrected chi connectivity index (χ4v) is 25.9. The second kappa shape index (κ2) is 33.0. The first-order valence-corrected chi connectivity index (χ1v) is 48.6. The number of pyridine rings is 9. The largest absolute Gasteiger partial charge is 0.309 e. The van der Waals surface area contributed by atoms with Crippen LogP contribution < -0.4 is 32.1 Å². The van der Waals surface area contributed by atoms with Gasteiger partial charge >= 0.3 is 0 Å². The number of nitrogens with zero attached hydrogens (tertiary/aromatic N) is 11. The molecule has 0 atom stereocenters. The molecule has 16 aromatic carbocycles. The molecule has 10 heterocycles. The summed E-state index contributed by atoms with van der Waals surface area (Å²) in [4.78, 5) is 44.1. The van der Waals surface area contributed by atoms with Crippen molar-refractivity contribution in [3.63, 3.8) is 0 Å². The molecular weight excluding hydrogens is 1680 g/mol. The van der Waals surface area contributed by atoms with Crippen LogP contribution in [-0.2, 0) is 16.4 Å². The van der Waals surface area contributed by atoms with Crippen LogP contribution in [0.25, 0.3) is 203 Å². The molecule has 0 fully saturated rings. The zero-order chi connectivity index (χ0) is 88.7. The van der Waals surface area contributed by atoms with Gasteiger partial charge in [0.15, 0.2) is 0 Å². The van der Waals surface area contributed by atoms with Crippen molar-refractivity contribution in [1.82, 2.24) is 49.4 Å². The second-order valence-electron chi connectivity index (χ2n) is 33.1. The van der Waals surface area contributed by atoms with Crippen molar-refractivity contribution in [3.05, 3.63) is 449 Å². The Morgan fingerprint density at radius 2 is 0.594 bits per heavy atom. The zero-order valence-corrected chi connectivity index (χ0v) is 73.9. The van der Waals surface area contributed by atoms with E-state index in [9.17, 15) is 9.83 Å². The normalized spacial score (nSPS) is 11.8. The molecule has 0 saturated carbocycles. The standard InChI is InChI=1S/C44H25N5.C38H25N2PS.C36H23N4OP/c45-26-27-17-19-38-35(23-27)36-25-29(18-20-39(36)49(38)31-11-2-1-3-12-31)28-9-6-10-30(24-28)42-41-34-15-8-22-47-44(34)43-33(14-7-21-46-43)40(41)32-13-4-5-16-37(32)48-42;42-41(27-12-3-1-4-13-27,28-14-5-2-6-15-28)29-23-21-26(22-24-29)37-36-30-16-7-8-17-31(30)38-33(19-11-25-39-38)35(36)32-18-9-10-20-34(32)40-37;41-42(31-15-5-7-21-37-31,32-16-6-8-22-38-32)25-19-17-24(18-20-25)35-34-29-13-9-23-39-36(29)27-11-2-1-10-26(27)33(34)28-12-3-4-14-30(28)40-35/h1-25H;1-25H;1-23H. The minimum atomic E-state index is -3.30. The van der Waals surface area contributed by atoms with Crippen molar-refractivity contribution < 1.29 is 4.57 Å². The summed E-state index contributed by atoms with van der Waals surface area (Å²) in [6, 6.07) is 139. The van der Waals surface area contributed by atoms with Gasteiger partial charge < -0.3 is 9.13 Å². The van der Waals surface area contributed by atoms with E-state index in [1.807, 2.05) is 140 Å². The van der Waals surface area contributed by atoms with Crippen molar-refractivity contribution in [2.75, 3.05) is 0 Å². The molecule has 26 aromatic rings. The fraction of sp³-hybridized carbons (Fsp3) is 0. The molecule has 0 saturated heterocycles. The van der Waals surface area contributed by atoms with Gasteiger partial charge in [-0.1, -0.05) is 303 Å². The van der Waals surface area contributed by atoms with Gasteiger partial charge in [0.2, 0.25) is 7.14 Å². The summed E-state index contributed by atoms with van der Waals surface area (Å²) in [6.07, 6.45) is 10.7. The van der Waals surface area contributed by atoms with Crippen LogP contribution in [-0.4, -0.2) is 49.4 Å². The fourth-order valence-electron chi connectivity index (χ4n) is 19.8. The summed E-state index contributed by atoms with van der Waals surface area (Å²) in [5.41, 5.74) is 19.5. The molecule has 0 radical (unpaired) electrons. The highest BCUT2D eigenvalue weighted by Gasteiger charge is 2.34. The lowest BCUT2D eigenvalue weighted by Crippen LogP contribution is -2.28. The highest BCUT2D eigenvalue weighted by atomic mass is 32.4. The number of para-hydroxylation sites is 4. The Labute approximate surface area is 768 Å². The maximum Gasteiger partial charge on any atom is 0.205 e. The summed E-state index contributed by atoms with van der Waals surface area (Å²) >= 11 is 6.61. The maximum atomic E-state index is 14.8. The van der Waals surface area contributed by atoms with Crippen molar-refractivity contribution in [2.24, 2.45) is 0 Å². The van der Waals surface area contributed by atoms with Crippen molar-refractivity contribution in [2.45, 2.75) is 0 Å². The lowest BCUT2D eigenvalue weighted by molar-refractivity contribution is 0.591. The van der Waals surface area contributed by atoms with Crippen LogP contribution in [0.5, 0.6) is 0 Å². The monoisotopic (exact) mass is 1750 g/mol. The average Bonchev–Trinajstić information content (AvgIpc) is 1.19. The Kier molecular flexibility index (Phi) is 19.8. The van der Waals surface area contributed by atoms with Crippen LogP contribution in [0.1, 0.15) is 5.56 Å². The Hall–Kier alpha value is -16.8. The molecule has 12 nitrogen and oxygen atoms in total. The van der Waals surface area contributed by atoms with Gasteiger partial charge in [-0.3, -0.25) is 29.9 Å². The summed E-state index contributed by atoms with van der Waals surface area (Å²) in [5.74, 6) is 0. The average molecular weight is 1750 g/mol. The van der Waals surface area contributed by atoms with Gasteiger partial charge in [0.05, 0.1) is 78.4 Å². The molecule has 0 aliphatic heterocycles. The highest BCUT2D eigenvalue weighted by molar-refractivity contribution is 8.25. The molecular formula is C118H73N11OP2S. The molecule has 0 N–H and O–H groups in total. The third-order valence-electron chi connectivity index (χ3n) is 25.7. The Bertz CT molecular complexity index is 8940. The van der Waals surface area contributed by atoms with E-state index >= 15 is 0 Å². The summed E-state index contributed by atoms with van der Waals surface area (Å²) < 4.78 is 17.1. The lowest BCUT2D eigenvalue weighted by Gasteiger charge is -2.24. The number of aromatic nitrogens is 10. The number of benzene rings is 16. The number of fused-ring (bicyclic) bond motifs is 27. The first-order chi connectivity index (χ1) is 65.7. The van der Waals surface area contributed by atoms with Gasteiger partial charge in [0.1, 0.15) is 10.9 Å². The van der Waals surface area contributed by atoms with Gasteiger partial charge in [-0.15, -0.1) is 0 Å². The van der Waals surface area contributed by atoms with Crippen LogP contribution in [0.4, 0.5) is 0 Å². The second-order valence-corrected chi connectivity index (χ2v) is 40.1. The maximum absolute atomic E-state index is 14.8. The van der Waals surface area contributed by atoms with Crippen LogP contribution >= 0.6 is 13.2 Å². The quantitative estimate of drug-likeness (QED) is 0.0891. The minimum absolute atomic E-state index is 0.509. The molecule has 0 bridgehead atoms. The summed E-state index contributed by atoms with van der Waals surface area (Å²) in [7, 11) is -3.30. The Morgan fingerprint density at radius 1 is 0.248 bits per heavy atom. The molecule has 0 unspecified atom stereocenters. The molecule has 622 valence electrons. The van der Waals surface area contributed by atoms with Crippen LogP contribution in [0.15, 0.2) is 444 Å². The van der Waals surface area contributed by atoms with Crippen LogP contribution in [0, 0.1) is 11.3 Å². The Balaban J connectivity index is 0.000000110. The minimum Gasteiger partial charge on any atom is -0.309 e. The zero-order valence-electron chi connectivity index (χ0n) is 71.3. The summed E-state index contributed by atoms with van der Waals surface area (Å²) in [6.45, 7) is 0. The van der Waals surface area contributed by atoms with Crippen LogP contribution in [0.3, 0.4) is 0 Å². The van der Waals surface area contributed by atoms with Crippen molar-refractivity contribution in [1.29, 1.82) is 5.26 Å². The van der Waals surface area contributed by atoms with E-state index in [0.717, 1.165) is 197 Å². The number of hydrogen-bond acceptors (Lipinski definition) is 12. The van der Waals surface area contributed by atoms with Crippen LogP contribution in [0.2, 0.25) is 0 Å². The van der Waals surface area contributed by atoms with E-state index in [1.54, 1.807) is 12.4 Å². The number of nitriles is 1. The third-order valence-corrected chi connectivity index (χ3v) is 33.5. The van der Waals surface area contributed by atoms with Gasteiger partial charge in [-0.2, -0.15) is 5.26 Å². The van der Waals surface area contributed by atoms with E-state index < -0.39 is 13.2 Å². The molecule has 0 aliphatic carbocycles. The van der Waals surface area contributed by atoms with E-state index in [2.05, 4.69) is 312 Å². The van der Waals surface area contributed by atoms with Gasteiger partial charge in [0, 0.05) is 162 Å². The number of rotatable bonds is 11.